The van der Waals surface area contributed by atoms with Gasteiger partial charge in [-0.3, -0.25) is 14.9 Å². The van der Waals surface area contributed by atoms with Crippen LogP contribution in [0.4, 0.5) is 10.5 Å². The lowest BCUT2D eigenvalue weighted by atomic mass is 9.96. The Bertz CT molecular complexity index is 1490. The largest absolute Gasteiger partial charge is 0.497 e. The van der Waals surface area contributed by atoms with Gasteiger partial charge in [-0.1, -0.05) is 0 Å². The van der Waals surface area contributed by atoms with E-state index in [-0.39, 0.29) is 5.57 Å². The molecule has 4 amide bonds. The molecular formula is C27H24N4O4S. The Morgan fingerprint density at radius 2 is 1.83 bits per heavy atom. The quantitative estimate of drug-likeness (QED) is 0.417. The SMILES string of the molecule is COc1ccc(N2C(=O)NC(=O)/C(=C\c3cc(C)n(-c4sc5c(c4C#N)CCCC5)c3C)C2=O)cc1. The van der Waals surface area contributed by atoms with Crippen molar-refractivity contribution < 1.29 is 19.1 Å². The van der Waals surface area contributed by atoms with Crippen molar-refractivity contribution in [1.29, 1.82) is 5.26 Å². The summed E-state index contributed by atoms with van der Waals surface area (Å²) in [6.45, 7) is 3.83. The van der Waals surface area contributed by atoms with Crippen LogP contribution in [-0.4, -0.2) is 29.5 Å². The van der Waals surface area contributed by atoms with Crippen LogP contribution in [0.2, 0.25) is 0 Å². The van der Waals surface area contributed by atoms with Crippen LogP contribution >= 0.6 is 11.3 Å². The average Bonchev–Trinajstić information content (AvgIpc) is 3.37. The summed E-state index contributed by atoms with van der Waals surface area (Å²) >= 11 is 1.64. The Morgan fingerprint density at radius 1 is 1.11 bits per heavy atom. The van der Waals surface area contributed by atoms with E-state index in [2.05, 4.69) is 11.4 Å². The number of urea groups is 1. The number of nitrogens with zero attached hydrogens (tertiary/aromatic N) is 3. The number of benzene rings is 1. The average molecular weight is 501 g/mol. The van der Waals surface area contributed by atoms with Crippen molar-refractivity contribution in [3.63, 3.8) is 0 Å². The van der Waals surface area contributed by atoms with Gasteiger partial charge in [-0.25, -0.2) is 9.69 Å². The van der Waals surface area contributed by atoms with Gasteiger partial charge >= 0.3 is 6.03 Å². The Balaban J connectivity index is 1.55. The summed E-state index contributed by atoms with van der Waals surface area (Å²) in [6.07, 6.45) is 5.61. The molecule has 1 aromatic carbocycles. The molecule has 1 aliphatic heterocycles. The molecule has 1 saturated heterocycles. The maximum Gasteiger partial charge on any atom is 0.335 e. The number of barbiturate groups is 1. The van der Waals surface area contributed by atoms with E-state index in [0.717, 1.165) is 52.5 Å². The first-order valence-electron chi connectivity index (χ1n) is 11.6. The molecule has 0 spiro atoms. The molecule has 2 aromatic heterocycles. The second kappa shape index (κ2) is 9.13. The zero-order chi connectivity index (χ0) is 25.6. The lowest BCUT2D eigenvalue weighted by Crippen LogP contribution is -2.54. The van der Waals surface area contributed by atoms with Gasteiger partial charge in [0, 0.05) is 16.3 Å². The fourth-order valence-electron chi connectivity index (χ4n) is 4.85. The number of amides is 4. The molecule has 8 nitrogen and oxygen atoms in total. The summed E-state index contributed by atoms with van der Waals surface area (Å²) in [4.78, 5) is 40.7. The summed E-state index contributed by atoms with van der Waals surface area (Å²) in [5, 5.41) is 13.1. The van der Waals surface area contributed by atoms with Gasteiger partial charge in [0.05, 0.1) is 18.4 Å². The van der Waals surface area contributed by atoms with E-state index in [1.165, 1.54) is 18.1 Å². The summed E-state index contributed by atoms with van der Waals surface area (Å²) in [7, 11) is 1.52. The molecule has 3 aromatic rings. The minimum atomic E-state index is -0.805. The number of ether oxygens (including phenoxy) is 1. The molecule has 0 radical (unpaired) electrons. The number of aromatic nitrogens is 1. The van der Waals surface area contributed by atoms with E-state index in [1.807, 2.05) is 24.5 Å². The van der Waals surface area contributed by atoms with Crippen LogP contribution in [0.25, 0.3) is 11.1 Å². The molecule has 36 heavy (non-hydrogen) atoms. The van der Waals surface area contributed by atoms with Crippen LogP contribution in [0.1, 0.15) is 45.8 Å². The van der Waals surface area contributed by atoms with Gasteiger partial charge in [0.1, 0.15) is 22.4 Å². The van der Waals surface area contributed by atoms with Crippen molar-refractivity contribution >= 4 is 40.9 Å². The normalized spacial score (nSPS) is 16.7. The lowest BCUT2D eigenvalue weighted by molar-refractivity contribution is -0.122. The van der Waals surface area contributed by atoms with Gasteiger partial charge in [0.2, 0.25) is 0 Å². The maximum absolute atomic E-state index is 13.3. The molecule has 2 aliphatic rings. The van der Waals surface area contributed by atoms with Crippen LogP contribution in [0.15, 0.2) is 35.9 Å². The second-order valence-electron chi connectivity index (χ2n) is 8.82. The molecule has 1 fully saturated rings. The Labute approximate surface area is 212 Å². The van der Waals surface area contributed by atoms with Crippen LogP contribution in [-0.2, 0) is 22.4 Å². The molecule has 1 N–H and O–H groups in total. The van der Waals surface area contributed by atoms with Gasteiger partial charge in [-0.2, -0.15) is 5.26 Å². The van der Waals surface area contributed by atoms with E-state index >= 15 is 0 Å². The number of hydrogen-bond donors (Lipinski definition) is 1. The number of nitriles is 1. The van der Waals surface area contributed by atoms with Crippen molar-refractivity contribution in [3.05, 3.63) is 68.9 Å². The monoisotopic (exact) mass is 500 g/mol. The fraction of sp³-hybridized carbons (Fsp3) is 0.259. The number of nitrogens with one attached hydrogen (secondary N) is 1. The summed E-state index contributed by atoms with van der Waals surface area (Å²) in [6, 6.07) is 9.92. The number of carbonyl (C=O) groups is 3. The molecule has 9 heteroatoms. The molecule has 5 rings (SSSR count). The van der Waals surface area contributed by atoms with E-state index in [9.17, 15) is 19.6 Å². The molecule has 0 bridgehead atoms. The smallest absolute Gasteiger partial charge is 0.335 e. The first-order valence-corrected chi connectivity index (χ1v) is 12.4. The maximum atomic E-state index is 13.3. The number of carbonyl (C=O) groups excluding carboxylic acids is 3. The number of methoxy groups -OCH3 is 1. The predicted octanol–water partition coefficient (Wildman–Crippen LogP) is 4.58. The third-order valence-electron chi connectivity index (χ3n) is 6.67. The second-order valence-corrected chi connectivity index (χ2v) is 9.90. The number of anilines is 1. The van der Waals surface area contributed by atoms with Crippen LogP contribution in [0.3, 0.4) is 0 Å². The zero-order valence-corrected chi connectivity index (χ0v) is 21.0. The Morgan fingerprint density at radius 3 is 2.53 bits per heavy atom. The fourth-order valence-corrected chi connectivity index (χ4v) is 6.30. The summed E-state index contributed by atoms with van der Waals surface area (Å²) in [5.41, 5.74) is 4.40. The first kappa shape index (κ1) is 23.6. The highest BCUT2D eigenvalue weighted by Crippen LogP contribution is 2.38. The highest BCUT2D eigenvalue weighted by molar-refractivity contribution is 7.15. The Hall–Kier alpha value is -4.16. The Kier molecular flexibility index (Phi) is 5.98. The van der Waals surface area contributed by atoms with Crippen molar-refractivity contribution in [1.82, 2.24) is 9.88 Å². The molecule has 0 unspecified atom stereocenters. The predicted molar refractivity (Wildman–Crippen MR) is 136 cm³/mol. The van der Waals surface area contributed by atoms with E-state index in [4.69, 9.17) is 4.74 Å². The van der Waals surface area contributed by atoms with Gasteiger partial charge in [0.25, 0.3) is 11.8 Å². The van der Waals surface area contributed by atoms with Crippen molar-refractivity contribution in [3.8, 4) is 16.8 Å². The van der Waals surface area contributed by atoms with Crippen LogP contribution in [0.5, 0.6) is 5.75 Å². The van der Waals surface area contributed by atoms with Crippen molar-refractivity contribution in [2.24, 2.45) is 0 Å². The number of rotatable bonds is 4. The van der Waals surface area contributed by atoms with Gasteiger partial charge < -0.3 is 9.30 Å². The topological polar surface area (TPSA) is 104 Å². The number of aryl methyl sites for hydroxylation is 2. The van der Waals surface area contributed by atoms with Gasteiger partial charge in [0.15, 0.2) is 0 Å². The van der Waals surface area contributed by atoms with Crippen molar-refractivity contribution in [2.75, 3.05) is 12.0 Å². The lowest BCUT2D eigenvalue weighted by Gasteiger charge is -2.26. The molecule has 1 aliphatic carbocycles. The van der Waals surface area contributed by atoms with E-state index in [1.54, 1.807) is 35.6 Å². The zero-order valence-electron chi connectivity index (χ0n) is 20.2. The molecule has 3 heterocycles. The third-order valence-corrected chi connectivity index (χ3v) is 7.95. The minimum Gasteiger partial charge on any atom is -0.497 e. The third kappa shape index (κ3) is 3.80. The number of thiophene rings is 1. The molecule has 0 atom stereocenters. The highest BCUT2D eigenvalue weighted by atomic mass is 32.1. The van der Waals surface area contributed by atoms with Crippen LogP contribution < -0.4 is 15.0 Å². The van der Waals surface area contributed by atoms with Crippen LogP contribution in [0, 0.1) is 25.2 Å². The van der Waals surface area contributed by atoms with Gasteiger partial charge in [-0.15, -0.1) is 11.3 Å². The van der Waals surface area contributed by atoms with E-state index < -0.39 is 17.8 Å². The molecule has 182 valence electrons. The summed E-state index contributed by atoms with van der Waals surface area (Å²) in [5.74, 6) is -0.873. The summed E-state index contributed by atoms with van der Waals surface area (Å²) < 4.78 is 7.16. The van der Waals surface area contributed by atoms with Crippen molar-refractivity contribution in [2.45, 2.75) is 39.5 Å². The first-order chi connectivity index (χ1) is 17.3. The molecule has 0 saturated carbocycles. The number of imide groups is 2. The van der Waals surface area contributed by atoms with E-state index in [0.29, 0.717) is 22.6 Å². The number of hydrogen-bond acceptors (Lipinski definition) is 6. The van der Waals surface area contributed by atoms with Gasteiger partial charge in [-0.05, 0) is 87.1 Å². The minimum absolute atomic E-state index is 0.142. The highest BCUT2D eigenvalue weighted by Gasteiger charge is 2.37. The standard InChI is InChI=1S/C27H24N4O4S/c1-15-12-17(16(2)30(15)26-22(14-28)20-6-4-5-7-23(20)36-26)13-21-24(32)29-27(34)31(25(21)33)18-8-10-19(35-3)11-9-18/h8-13H,4-7H2,1-3H3,(H,29,32,34)/b21-13+. The molecular weight excluding hydrogens is 476 g/mol. The number of fused-ring (bicyclic) bond motifs is 1.